The van der Waals surface area contributed by atoms with Crippen LogP contribution in [0.15, 0.2) is 11.1 Å². The standard InChI is InChI=1S/C7H10N4O/c1-4-2-8-6-5(11-4)7(12)10-3-9-6/h3-4,11H,2H2,1H3,(H2,8,9,10,12)/t4-/m0/s1. The highest BCUT2D eigenvalue weighted by molar-refractivity contribution is 5.65. The van der Waals surface area contributed by atoms with Gasteiger partial charge in [-0.05, 0) is 6.92 Å². The summed E-state index contributed by atoms with van der Waals surface area (Å²) in [5, 5.41) is 6.12. The molecule has 0 radical (unpaired) electrons. The Morgan fingerprint density at radius 3 is 3.33 bits per heavy atom. The lowest BCUT2D eigenvalue weighted by Crippen LogP contribution is -2.34. The molecular formula is C7H10N4O. The van der Waals surface area contributed by atoms with E-state index >= 15 is 0 Å². The molecule has 0 aromatic carbocycles. The summed E-state index contributed by atoms with van der Waals surface area (Å²) in [4.78, 5) is 17.7. The van der Waals surface area contributed by atoms with E-state index in [1.54, 1.807) is 0 Å². The van der Waals surface area contributed by atoms with E-state index in [1.165, 1.54) is 6.33 Å². The number of aromatic nitrogens is 2. The first-order chi connectivity index (χ1) is 5.77. The minimum atomic E-state index is -0.126. The molecule has 0 fully saturated rings. The summed E-state index contributed by atoms with van der Waals surface area (Å²) in [6, 6.07) is 0.266. The number of H-pyrrole nitrogens is 1. The fourth-order valence-electron chi connectivity index (χ4n) is 1.21. The van der Waals surface area contributed by atoms with Crippen LogP contribution in [0.3, 0.4) is 0 Å². The molecule has 0 unspecified atom stereocenters. The van der Waals surface area contributed by atoms with Crippen LogP contribution in [-0.4, -0.2) is 22.6 Å². The predicted octanol–water partition coefficient (Wildman–Crippen LogP) is -0.00420. The van der Waals surface area contributed by atoms with Crippen molar-refractivity contribution in [3.8, 4) is 0 Å². The van der Waals surface area contributed by atoms with Gasteiger partial charge < -0.3 is 15.6 Å². The van der Waals surface area contributed by atoms with Crippen molar-refractivity contribution in [1.82, 2.24) is 9.97 Å². The van der Waals surface area contributed by atoms with Crippen molar-refractivity contribution < 1.29 is 0 Å². The van der Waals surface area contributed by atoms with Gasteiger partial charge in [0.2, 0.25) is 0 Å². The average molecular weight is 166 g/mol. The van der Waals surface area contributed by atoms with Crippen molar-refractivity contribution in [2.45, 2.75) is 13.0 Å². The second-order valence-electron chi connectivity index (χ2n) is 2.88. The molecule has 0 spiro atoms. The van der Waals surface area contributed by atoms with Gasteiger partial charge in [-0.2, -0.15) is 0 Å². The molecule has 5 heteroatoms. The van der Waals surface area contributed by atoms with Crippen molar-refractivity contribution >= 4 is 11.5 Å². The highest BCUT2D eigenvalue weighted by atomic mass is 16.1. The summed E-state index contributed by atoms with van der Waals surface area (Å²) in [7, 11) is 0. The van der Waals surface area contributed by atoms with Gasteiger partial charge in [-0.15, -0.1) is 0 Å². The van der Waals surface area contributed by atoms with Gasteiger partial charge in [-0.1, -0.05) is 0 Å². The number of fused-ring (bicyclic) bond motifs is 1. The van der Waals surface area contributed by atoms with Crippen LogP contribution in [0.5, 0.6) is 0 Å². The summed E-state index contributed by atoms with van der Waals surface area (Å²) in [5.74, 6) is 0.636. The Hall–Kier alpha value is -1.52. The average Bonchev–Trinajstić information content (AvgIpc) is 2.07. The minimum Gasteiger partial charge on any atom is -0.373 e. The lowest BCUT2D eigenvalue weighted by molar-refractivity contribution is 0.802. The third-order valence-electron chi connectivity index (χ3n) is 1.82. The predicted molar refractivity (Wildman–Crippen MR) is 46.4 cm³/mol. The first-order valence-electron chi connectivity index (χ1n) is 3.85. The Bertz CT molecular complexity index is 346. The van der Waals surface area contributed by atoms with Gasteiger partial charge in [0.05, 0.1) is 6.33 Å². The Balaban J connectivity index is 2.50. The molecule has 0 amide bonds. The Morgan fingerprint density at radius 2 is 2.50 bits per heavy atom. The monoisotopic (exact) mass is 166 g/mol. The van der Waals surface area contributed by atoms with Gasteiger partial charge in [-0.25, -0.2) is 4.98 Å². The zero-order valence-corrected chi connectivity index (χ0v) is 6.72. The van der Waals surface area contributed by atoms with Gasteiger partial charge in [0.15, 0.2) is 5.82 Å². The molecule has 0 saturated carbocycles. The van der Waals surface area contributed by atoms with Crippen LogP contribution < -0.4 is 16.2 Å². The summed E-state index contributed by atoms with van der Waals surface area (Å²) in [5.41, 5.74) is 0.412. The Labute approximate surface area is 69.2 Å². The van der Waals surface area contributed by atoms with Gasteiger partial charge in [0.1, 0.15) is 5.69 Å². The van der Waals surface area contributed by atoms with E-state index in [9.17, 15) is 4.79 Å². The summed E-state index contributed by atoms with van der Waals surface area (Å²) < 4.78 is 0. The van der Waals surface area contributed by atoms with Crippen molar-refractivity contribution in [1.29, 1.82) is 0 Å². The van der Waals surface area contributed by atoms with Crippen LogP contribution in [0, 0.1) is 0 Å². The Morgan fingerprint density at radius 1 is 1.67 bits per heavy atom. The molecule has 1 aliphatic rings. The minimum absolute atomic E-state index is 0.126. The van der Waals surface area contributed by atoms with Crippen molar-refractivity contribution in [3.63, 3.8) is 0 Å². The SMILES string of the molecule is C[C@H]1CNc2nc[nH]c(=O)c2N1. The topological polar surface area (TPSA) is 69.8 Å². The maximum Gasteiger partial charge on any atom is 0.276 e. The molecule has 1 aromatic heterocycles. The molecule has 12 heavy (non-hydrogen) atoms. The molecule has 64 valence electrons. The number of anilines is 2. The summed E-state index contributed by atoms with van der Waals surface area (Å²) in [6.07, 6.45) is 1.39. The van der Waals surface area contributed by atoms with E-state index in [-0.39, 0.29) is 11.6 Å². The number of hydrogen-bond acceptors (Lipinski definition) is 4. The Kier molecular flexibility index (Phi) is 1.49. The van der Waals surface area contributed by atoms with Gasteiger partial charge in [0, 0.05) is 12.6 Å². The van der Waals surface area contributed by atoms with Gasteiger partial charge in [-0.3, -0.25) is 4.79 Å². The smallest absolute Gasteiger partial charge is 0.276 e. The largest absolute Gasteiger partial charge is 0.373 e. The summed E-state index contributed by atoms with van der Waals surface area (Å²) in [6.45, 7) is 2.80. The molecule has 0 saturated heterocycles. The molecule has 1 aliphatic heterocycles. The first kappa shape index (κ1) is 7.15. The quantitative estimate of drug-likeness (QED) is 0.507. The number of aromatic amines is 1. The highest BCUT2D eigenvalue weighted by Crippen LogP contribution is 2.17. The van der Waals surface area contributed by atoms with E-state index in [4.69, 9.17) is 0 Å². The molecule has 0 aliphatic carbocycles. The van der Waals surface area contributed by atoms with Crippen molar-refractivity contribution in [2.75, 3.05) is 17.2 Å². The fourth-order valence-corrected chi connectivity index (χ4v) is 1.21. The molecule has 0 bridgehead atoms. The number of nitrogens with zero attached hydrogens (tertiary/aromatic N) is 1. The van der Waals surface area contributed by atoms with Crippen LogP contribution in [0.1, 0.15) is 6.92 Å². The van der Waals surface area contributed by atoms with Crippen molar-refractivity contribution in [3.05, 3.63) is 16.7 Å². The van der Waals surface area contributed by atoms with E-state index < -0.39 is 0 Å². The van der Waals surface area contributed by atoms with Crippen molar-refractivity contribution in [2.24, 2.45) is 0 Å². The number of nitrogens with one attached hydrogen (secondary N) is 3. The third-order valence-corrected chi connectivity index (χ3v) is 1.82. The number of rotatable bonds is 0. The van der Waals surface area contributed by atoms with E-state index in [2.05, 4.69) is 20.6 Å². The molecule has 2 rings (SSSR count). The van der Waals surface area contributed by atoms with Crippen LogP contribution >= 0.6 is 0 Å². The first-order valence-corrected chi connectivity index (χ1v) is 3.85. The normalized spacial score (nSPS) is 20.6. The molecule has 2 heterocycles. The maximum atomic E-state index is 11.2. The van der Waals surface area contributed by atoms with Gasteiger partial charge in [0.25, 0.3) is 5.56 Å². The van der Waals surface area contributed by atoms with Crippen LogP contribution in [0.4, 0.5) is 11.5 Å². The van der Waals surface area contributed by atoms with E-state index in [0.29, 0.717) is 11.5 Å². The lowest BCUT2D eigenvalue weighted by atomic mass is 10.2. The number of hydrogen-bond donors (Lipinski definition) is 3. The molecular weight excluding hydrogens is 156 g/mol. The van der Waals surface area contributed by atoms with E-state index in [0.717, 1.165) is 6.54 Å². The van der Waals surface area contributed by atoms with Crippen LogP contribution in [0.25, 0.3) is 0 Å². The molecule has 3 N–H and O–H groups in total. The molecule has 5 nitrogen and oxygen atoms in total. The zero-order valence-electron chi connectivity index (χ0n) is 6.72. The third kappa shape index (κ3) is 1.03. The lowest BCUT2D eigenvalue weighted by Gasteiger charge is -2.23. The maximum absolute atomic E-state index is 11.2. The van der Waals surface area contributed by atoms with E-state index in [1.807, 2.05) is 6.92 Å². The molecule has 1 atom stereocenters. The van der Waals surface area contributed by atoms with Crippen LogP contribution in [-0.2, 0) is 0 Å². The molecule has 1 aromatic rings. The van der Waals surface area contributed by atoms with Gasteiger partial charge >= 0.3 is 0 Å². The fraction of sp³-hybridized carbons (Fsp3) is 0.429. The second-order valence-corrected chi connectivity index (χ2v) is 2.88. The van der Waals surface area contributed by atoms with Crippen LogP contribution in [0.2, 0.25) is 0 Å². The zero-order chi connectivity index (χ0) is 8.55. The second kappa shape index (κ2) is 2.51. The highest BCUT2D eigenvalue weighted by Gasteiger charge is 2.16. The summed E-state index contributed by atoms with van der Waals surface area (Å²) >= 11 is 0.